The summed E-state index contributed by atoms with van der Waals surface area (Å²) in [5, 5.41) is 12.7. The Morgan fingerprint density at radius 2 is 1.83 bits per heavy atom. The average molecular weight is 504 g/mol. The molecule has 5 rings (SSSR count). The van der Waals surface area contributed by atoms with Crippen LogP contribution in [0.2, 0.25) is 5.02 Å². The van der Waals surface area contributed by atoms with E-state index in [0.29, 0.717) is 29.5 Å². The van der Waals surface area contributed by atoms with Crippen LogP contribution in [-0.2, 0) is 24.2 Å². The van der Waals surface area contributed by atoms with Crippen LogP contribution in [0.4, 0.5) is 0 Å². The third kappa shape index (κ3) is 5.09. The number of nitrogens with one attached hydrogen (secondary N) is 1. The minimum Gasteiger partial charge on any atom is -0.493 e. The molecule has 0 bridgehead atoms. The Kier molecular flexibility index (Phi) is 6.57. The number of amides is 1. The van der Waals surface area contributed by atoms with Crippen molar-refractivity contribution in [1.29, 1.82) is 0 Å². The number of hydrogen-bond acceptors (Lipinski definition) is 4. The molecule has 2 N–H and O–H groups in total. The van der Waals surface area contributed by atoms with E-state index in [1.807, 2.05) is 72.8 Å². The summed E-state index contributed by atoms with van der Waals surface area (Å²) < 4.78 is 6.06. The van der Waals surface area contributed by atoms with Crippen molar-refractivity contribution in [2.24, 2.45) is 0 Å². The molecule has 0 saturated carbocycles. The first-order valence-electron chi connectivity index (χ1n) is 11.2. The topological polar surface area (TPSA) is 75.6 Å². The normalized spacial score (nSPS) is 12.1. The van der Waals surface area contributed by atoms with Gasteiger partial charge in [0.1, 0.15) is 5.75 Å². The lowest BCUT2D eigenvalue weighted by molar-refractivity contribution is -0.136. The van der Waals surface area contributed by atoms with E-state index in [1.54, 1.807) is 0 Å². The highest BCUT2D eigenvalue weighted by molar-refractivity contribution is 7.17. The van der Waals surface area contributed by atoms with Crippen LogP contribution in [0.1, 0.15) is 26.4 Å². The van der Waals surface area contributed by atoms with E-state index in [1.165, 1.54) is 11.3 Å². The molecule has 4 aromatic rings. The highest BCUT2D eigenvalue weighted by Crippen LogP contribution is 2.42. The Morgan fingerprint density at radius 1 is 1.00 bits per heavy atom. The molecule has 0 fully saturated rings. The molecule has 0 radical (unpaired) electrons. The predicted octanol–water partition coefficient (Wildman–Crippen LogP) is 6.23. The number of carboxylic acid groups (broad SMARTS) is 1. The van der Waals surface area contributed by atoms with Gasteiger partial charge in [-0.25, -0.2) is 0 Å². The first-order chi connectivity index (χ1) is 17.0. The number of halogens is 1. The second-order valence-corrected chi connectivity index (χ2v) is 9.78. The van der Waals surface area contributed by atoms with Gasteiger partial charge in [-0.15, -0.1) is 11.3 Å². The molecule has 1 aliphatic heterocycles. The van der Waals surface area contributed by atoms with Crippen LogP contribution in [0.15, 0.2) is 72.8 Å². The van der Waals surface area contributed by atoms with Crippen molar-refractivity contribution >= 4 is 34.8 Å². The average Bonchev–Trinajstić information content (AvgIpc) is 3.19. The molecule has 0 unspecified atom stereocenters. The standard InChI is InChI=1S/C28H22ClNO4S/c29-23-7-2-1-5-21(23)16-30-28(33)25-15-20-10-11-34-24-14-19(8-9-22(24)27(20)35-25)18-6-3-4-17(12-18)13-26(31)32/h1-9,12,14-15H,10-11,13,16H2,(H,30,33)(H,31,32). The second-order valence-electron chi connectivity index (χ2n) is 8.32. The Bertz CT molecular complexity index is 1430. The number of carbonyl (C=O) groups is 2. The number of fused-ring (bicyclic) bond motifs is 3. The minimum atomic E-state index is -0.857. The molecule has 5 nitrogen and oxygen atoms in total. The van der Waals surface area contributed by atoms with E-state index < -0.39 is 5.97 Å². The van der Waals surface area contributed by atoms with Crippen LogP contribution in [0.25, 0.3) is 21.6 Å². The molecule has 1 aliphatic rings. The van der Waals surface area contributed by atoms with Gasteiger partial charge in [0.15, 0.2) is 0 Å². The van der Waals surface area contributed by atoms with E-state index in [0.717, 1.165) is 44.0 Å². The highest BCUT2D eigenvalue weighted by Gasteiger charge is 2.22. The van der Waals surface area contributed by atoms with E-state index >= 15 is 0 Å². The molecule has 0 spiro atoms. The van der Waals surface area contributed by atoms with Gasteiger partial charge < -0.3 is 15.2 Å². The zero-order valence-electron chi connectivity index (χ0n) is 18.7. The Labute approximate surface area is 212 Å². The summed E-state index contributed by atoms with van der Waals surface area (Å²) in [7, 11) is 0. The lowest BCUT2D eigenvalue weighted by Crippen LogP contribution is -2.21. The molecule has 1 amide bonds. The summed E-state index contributed by atoms with van der Waals surface area (Å²) in [6.07, 6.45) is 0.691. The van der Waals surface area contributed by atoms with Crippen molar-refractivity contribution < 1.29 is 19.4 Å². The molecule has 3 aromatic carbocycles. The number of carboxylic acids is 1. The lowest BCUT2D eigenvalue weighted by atomic mass is 9.99. The first kappa shape index (κ1) is 23.1. The van der Waals surface area contributed by atoms with Crippen molar-refractivity contribution in [3.63, 3.8) is 0 Å². The van der Waals surface area contributed by atoms with E-state index in [9.17, 15) is 9.59 Å². The minimum absolute atomic E-state index is 0.0187. The van der Waals surface area contributed by atoms with Crippen molar-refractivity contribution in [2.45, 2.75) is 19.4 Å². The SMILES string of the molecule is O=C(O)Cc1cccc(-c2ccc3c(c2)OCCc2cc(C(=O)NCc4ccccc4Cl)sc2-3)c1. The van der Waals surface area contributed by atoms with Gasteiger partial charge in [0.05, 0.1) is 17.9 Å². The fourth-order valence-corrected chi connectivity index (χ4v) is 5.53. The molecule has 2 heterocycles. The van der Waals surface area contributed by atoms with Crippen molar-refractivity contribution in [3.05, 3.63) is 99.4 Å². The summed E-state index contributed by atoms with van der Waals surface area (Å²) in [5.74, 6) is -0.226. The van der Waals surface area contributed by atoms with Crippen LogP contribution in [-0.4, -0.2) is 23.6 Å². The van der Waals surface area contributed by atoms with Gasteiger partial charge in [0.2, 0.25) is 0 Å². The maximum atomic E-state index is 12.9. The number of aliphatic carboxylic acids is 1. The van der Waals surface area contributed by atoms with Gasteiger partial charge in [-0.05, 0) is 52.1 Å². The summed E-state index contributed by atoms with van der Waals surface area (Å²) in [6.45, 7) is 0.880. The number of rotatable bonds is 6. The largest absolute Gasteiger partial charge is 0.493 e. The zero-order chi connectivity index (χ0) is 24.4. The fraction of sp³-hybridized carbons (Fsp3) is 0.143. The third-order valence-corrected chi connectivity index (χ3v) is 7.48. The first-order valence-corrected chi connectivity index (χ1v) is 12.4. The number of carbonyl (C=O) groups excluding carboxylic acids is 1. The summed E-state index contributed by atoms with van der Waals surface area (Å²) in [5.41, 5.74) is 5.56. The van der Waals surface area contributed by atoms with E-state index in [4.69, 9.17) is 21.4 Å². The number of thiophene rings is 1. The van der Waals surface area contributed by atoms with Gasteiger partial charge in [0.25, 0.3) is 5.91 Å². The molecular weight excluding hydrogens is 482 g/mol. The molecule has 176 valence electrons. The molecular formula is C28H22ClNO4S. The van der Waals surface area contributed by atoms with Crippen LogP contribution in [0.3, 0.4) is 0 Å². The second kappa shape index (κ2) is 9.94. The van der Waals surface area contributed by atoms with Crippen molar-refractivity contribution in [3.8, 4) is 27.3 Å². The summed E-state index contributed by atoms with van der Waals surface area (Å²) in [4.78, 5) is 25.7. The highest BCUT2D eigenvalue weighted by atomic mass is 35.5. The zero-order valence-corrected chi connectivity index (χ0v) is 20.3. The van der Waals surface area contributed by atoms with Crippen LogP contribution in [0, 0.1) is 0 Å². The Morgan fingerprint density at radius 3 is 2.66 bits per heavy atom. The smallest absolute Gasteiger partial charge is 0.307 e. The monoisotopic (exact) mass is 503 g/mol. The fourth-order valence-electron chi connectivity index (χ4n) is 4.17. The number of ether oxygens (including phenoxy) is 1. The van der Waals surface area contributed by atoms with Crippen LogP contribution >= 0.6 is 22.9 Å². The maximum Gasteiger partial charge on any atom is 0.307 e. The molecule has 1 aromatic heterocycles. The molecule has 7 heteroatoms. The van der Waals surface area contributed by atoms with Crippen molar-refractivity contribution in [1.82, 2.24) is 5.32 Å². The molecule has 0 aliphatic carbocycles. The number of hydrogen-bond donors (Lipinski definition) is 2. The summed E-state index contributed by atoms with van der Waals surface area (Å²) >= 11 is 7.67. The Hall–Kier alpha value is -3.61. The van der Waals surface area contributed by atoms with Gasteiger partial charge in [-0.2, -0.15) is 0 Å². The Balaban J connectivity index is 1.40. The van der Waals surface area contributed by atoms with Crippen molar-refractivity contribution in [2.75, 3.05) is 6.61 Å². The van der Waals surface area contributed by atoms with Gasteiger partial charge in [-0.1, -0.05) is 60.1 Å². The van der Waals surface area contributed by atoms with Crippen LogP contribution < -0.4 is 10.1 Å². The summed E-state index contributed by atoms with van der Waals surface area (Å²) in [6, 6.07) is 23.0. The maximum absolute atomic E-state index is 12.9. The van der Waals surface area contributed by atoms with E-state index in [-0.39, 0.29) is 12.3 Å². The molecule has 0 saturated heterocycles. The predicted molar refractivity (Wildman–Crippen MR) is 138 cm³/mol. The molecule has 0 atom stereocenters. The molecule has 35 heavy (non-hydrogen) atoms. The number of benzene rings is 3. The van der Waals surface area contributed by atoms with Gasteiger partial charge in [-0.3, -0.25) is 9.59 Å². The van der Waals surface area contributed by atoms with Gasteiger partial charge >= 0.3 is 5.97 Å². The quantitative estimate of drug-likeness (QED) is 0.327. The third-order valence-electron chi connectivity index (χ3n) is 5.90. The lowest BCUT2D eigenvalue weighted by Gasteiger charge is -2.11. The van der Waals surface area contributed by atoms with Gasteiger partial charge in [0, 0.05) is 28.4 Å². The van der Waals surface area contributed by atoms with E-state index in [2.05, 4.69) is 5.32 Å². The van der Waals surface area contributed by atoms with Crippen LogP contribution in [0.5, 0.6) is 5.75 Å².